The minimum Gasteiger partial charge on any atom is -0.477 e. The van der Waals surface area contributed by atoms with Crippen molar-refractivity contribution in [3.05, 3.63) is 35.8 Å². The third-order valence-electron chi connectivity index (χ3n) is 2.70. The number of carboxylic acids is 1. The summed E-state index contributed by atoms with van der Waals surface area (Å²) in [5.74, 6) is -1.84. The summed E-state index contributed by atoms with van der Waals surface area (Å²) in [4.78, 5) is 22.4. The molecule has 0 aliphatic carbocycles. The molecule has 2 aromatic rings. The Balaban J connectivity index is 2.17. The molecule has 0 fully saturated rings. The standard InChI is InChI=1S/C15H16FN3O4/c1-15(2,3)23-14(22)17-8-4-5-9(10(16)6-8)11-7-12(13(20)21)19-18-11/h4-7H,1-3H3,(H,17,22)(H,18,19)(H,20,21). The lowest BCUT2D eigenvalue weighted by atomic mass is 10.1. The average molecular weight is 321 g/mol. The van der Waals surface area contributed by atoms with Crippen molar-refractivity contribution in [2.24, 2.45) is 0 Å². The Morgan fingerprint density at radius 2 is 2.00 bits per heavy atom. The summed E-state index contributed by atoms with van der Waals surface area (Å²) in [5, 5.41) is 17.3. The first kappa shape index (κ1) is 16.5. The molecule has 8 heteroatoms. The van der Waals surface area contributed by atoms with Gasteiger partial charge in [-0.1, -0.05) is 0 Å². The number of aromatic carboxylic acids is 1. The van der Waals surface area contributed by atoms with Gasteiger partial charge in [-0.2, -0.15) is 5.10 Å². The topological polar surface area (TPSA) is 104 Å². The molecule has 0 radical (unpaired) electrons. The van der Waals surface area contributed by atoms with Crippen molar-refractivity contribution in [2.45, 2.75) is 26.4 Å². The molecule has 0 bridgehead atoms. The first-order valence-corrected chi connectivity index (χ1v) is 6.74. The van der Waals surface area contributed by atoms with Crippen LogP contribution in [0.4, 0.5) is 14.9 Å². The van der Waals surface area contributed by atoms with E-state index in [9.17, 15) is 14.0 Å². The number of hydrogen-bond donors (Lipinski definition) is 3. The van der Waals surface area contributed by atoms with Crippen molar-refractivity contribution in [1.82, 2.24) is 10.2 Å². The van der Waals surface area contributed by atoms with E-state index >= 15 is 0 Å². The van der Waals surface area contributed by atoms with Gasteiger partial charge in [0.2, 0.25) is 0 Å². The number of amides is 1. The maximum absolute atomic E-state index is 14.1. The molecule has 23 heavy (non-hydrogen) atoms. The molecule has 0 aliphatic rings. The van der Waals surface area contributed by atoms with Crippen molar-refractivity contribution in [1.29, 1.82) is 0 Å². The van der Waals surface area contributed by atoms with Gasteiger partial charge in [0.05, 0.1) is 5.69 Å². The normalized spacial score (nSPS) is 11.1. The number of anilines is 1. The Bertz CT molecular complexity index is 749. The van der Waals surface area contributed by atoms with E-state index in [4.69, 9.17) is 9.84 Å². The second kappa shape index (κ2) is 6.07. The van der Waals surface area contributed by atoms with Crippen molar-refractivity contribution in [2.75, 3.05) is 5.32 Å². The highest BCUT2D eigenvalue weighted by Crippen LogP contribution is 2.24. The Morgan fingerprint density at radius 3 is 2.52 bits per heavy atom. The van der Waals surface area contributed by atoms with E-state index in [-0.39, 0.29) is 22.6 Å². The number of carbonyl (C=O) groups is 2. The second-order valence-corrected chi connectivity index (χ2v) is 5.79. The molecule has 1 aromatic heterocycles. The maximum atomic E-state index is 14.1. The van der Waals surface area contributed by atoms with E-state index in [1.807, 2.05) is 0 Å². The molecule has 1 aromatic carbocycles. The summed E-state index contributed by atoms with van der Waals surface area (Å²) in [5.41, 5.74) is -0.317. The van der Waals surface area contributed by atoms with E-state index in [0.29, 0.717) is 0 Å². The molecular formula is C15H16FN3O4. The lowest BCUT2D eigenvalue weighted by Gasteiger charge is -2.19. The van der Waals surface area contributed by atoms with Gasteiger partial charge in [-0.3, -0.25) is 10.4 Å². The number of nitrogens with one attached hydrogen (secondary N) is 2. The van der Waals surface area contributed by atoms with Crippen LogP contribution >= 0.6 is 0 Å². The molecule has 0 saturated heterocycles. The van der Waals surface area contributed by atoms with Gasteiger partial charge in [0.1, 0.15) is 17.1 Å². The molecular weight excluding hydrogens is 305 g/mol. The molecule has 3 N–H and O–H groups in total. The predicted octanol–water partition coefficient (Wildman–Crippen LogP) is 3.26. The van der Waals surface area contributed by atoms with Gasteiger partial charge < -0.3 is 9.84 Å². The van der Waals surface area contributed by atoms with Gasteiger partial charge in [0, 0.05) is 11.3 Å². The van der Waals surface area contributed by atoms with Crippen LogP contribution in [0.15, 0.2) is 24.3 Å². The molecule has 0 aliphatic heterocycles. The van der Waals surface area contributed by atoms with Gasteiger partial charge in [-0.05, 0) is 45.0 Å². The van der Waals surface area contributed by atoms with Gasteiger partial charge in [-0.25, -0.2) is 14.0 Å². The van der Waals surface area contributed by atoms with Crippen LogP contribution in [-0.2, 0) is 4.74 Å². The quantitative estimate of drug-likeness (QED) is 0.805. The number of nitrogens with zero attached hydrogens (tertiary/aromatic N) is 1. The number of ether oxygens (including phenoxy) is 1. The second-order valence-electron chi connectivity index (χ2n) is 5.79. The SMILES string of the molecule is CC(C)(C)OC(=O)Nc1ccc(-c2cc(C(=O)O)[nH]n2)c(F)c1. The maximum Gasteiger partial charge on any atom is 0.412 e. The van der Waals surface area contributed by atoms with Gasteiger partial charge in [0.15, 0.2) is 0 Å². The van der Waals surface area contributed by atoms with Crippen LogP contribution < -0.4 is 5.32 Å². The predicted molar refractivity (Wildman–Crippen MR) is 80.8 cm³/mol. The van der Waals surface area contributed by atoms with E-state index < -0.39 is 23.5 Å². The Labute approximate surface area is 131 Å². The average Bonchev–Trinajstić information content (AvgIpc) is 2.85. The number of rotatable bonds is 3. The molecule has 1 amide bonds. The fourth-order valence-corrected chi connectivity index (χ4v) is 1.79. The molecule has 1 heterocycles. The molecule has 122 valence electrons. The zero-order chi connectivity index (χ0) is 17.2. The number of hydrogen-bond acceptors (Lipinski definition) is 4. The number of aromatic nitrogens is 2. The molecule has 0 saturated carbocycles. The van der Waals surface area contributed by atoms with E-state index in [1.54, 1.807) is 20.8 Å². The minimum atomic E-state index is -1.19. The summed E-state index contributed by atoms with van der Waals surface area (Å²) in [6.07, 6.45) is -0.697. The van der Waals surface area contributed by atoms with Crippen LogP contribution in [0.1, 0.15) is 31.3 Å². The highest BCUT2D eigenvalue weighted by molar-refractivity contribution is 5.87. The van der Waals surface area contributed by atoms with Crippen molar-refractivity contribution >= 4 is 17.7 Å². The van der Waals surface area contributed by atoms with Crippen LogP contribution in [0.2, 0.25) is 0 Å². The van der Waals surface area contributed by atoms with Crippen LogP contribution in [0.5, 0.6) is 0 Å². The monoisotopic (exact) mass is 321 g/mol. The van der Waals surface area contributed by atoms with Crippen LogP contribution in [0.3, 0.4) is 0 Å². The molecule has 0 spiro atoms. The number of benzene rings is 1. The fraction of sp³-hybridized carbons (Fsp3) is 0.267. The minimum absolute atomic E-state index is 0.114. The summed E-state index contributed by atoms with van der Waals surface area (Å²) >= 11 is 0. The van der Waals surface area contributed by atoms with Gasteiger partial charge in [0.25, 0.3) is 0 Å². The molecule has 7 nitrogen and oxygen atoms in total. The smallest absolute Gasteiger partial charge is 0.412 e. The van der Waals surface area contributed by atoms with E-state index in [2.05, 4.69) is 15.5 Å². The first-order chi connectivity index (χ1) is 10.7. The highest BCUT2D eigenvalue weighted by atomic mass is 19.1. The largest absolute Gasteiger partial charge is 0.477 e. The van der Waals surface area contributed by atoms with Gasteiger partial charge >= 0.3 is 12.1 Å². The molecule has 0 atom stereocenters. The summed E-state index contributed by atoms with van der Waals surface area (Å²) in [7, 11) is 0. The Kier molecular flexibility index (Phi) is 4.35. The van der Waals surface area contributed by atoms with Gasteiger partial charge in [-0.15, -0.1) is 0 Å². The van der Waals surface area contributed by atoms with Crippen molar-refractivity contribution in [3.8, 4) is 11.3 Å². The zero-order valence-electron chi connectivity index (χ0n) is 12.8. The number of aromatic amines is 1. The van der Waals surface area contributed by atoms with Crippen molar-refractivity contribution < 1.29 is 23.8 Å². The fourth-order valence-electron chi connectivity index (χ4n) is 1.79. The highest BCUT2D eigenvalue weighted by Gasteiger charge is 2.17. The molecule has 2 rings (SSSR count). The first-order valence-electron chi connectivity index (χ1n) is 6.74. The summed E-state index contributed by atoms with van der Waals surface area (Å²) < 4.78 is 19.2. The van der Waals surface area contributed by atoms with Crippen molar-refractivity contribution in [3.63, 3.8) is 0 Å². The molecule has 0 unspecified atom stereocenters. The Hall–Kier alpha value is -2.90. The van der Waals surface area contributed by atoms with E-state index in [1.165, 1.54) is 18.2 Å². The summed E-state index contributed by atoms with van der Waals surface area (Å²) in [6.45, 7) is 5.15. The lowest BCUT2D eigenvalue weighted by Crippen LogP contribution is -2.27. The van der Waals surface area contributed by atoms with E-state index in [0.717, 1.165) is 6.07 Å². The Morgan fingerprint density at radius 1 is 1.30 bits per heavy atom. The summed E-state index contributed by atoms with van der Waals surface area (Å²) in [6, 6.07) is 5.19. The number of carbonyl (C=O) groups excluding carboxylic acids is 1. The number of carboxylic acid groups (broad SMARTS) is 1. The number of halogens is 1. The number of H-pyrrole nitrogens is 1. The van der Waals surface area contributed by atoms with Crippen LogP contribution in [-0.4, -0.2) is 33.0 Å². The van der Waals surface area contributed by atoms with Crippen LogP contribution in [0, 0.1) is 5.82 Å². The third-order valence-corrected chi connectivity index (χ3v) is 2.70. The lowest BCUT2D eigenvalue weighted by molar-refractivity contribution is 0.0634. The van der Waals surface area contributed by atoms with Crippen LogP contribution in [0.25, 0.3) is 11.3 Å². The zero-order valence-corrected chi connectivity index (χ0v) is 12.8. The third kappa shape index (κ3) is 4.29.